The van der Waals surface area contributed by atoms with Crippen LogP contribution in [0.2, 0.25) is 0 Å². The standard InChI is InChI=1S/C27H22N2O5/c1-17-11-13-18(14-12-17)22(15-28-24(30)20-9-5-6-10-21(20)25(28)31)26(32)29-23(16-34-27(29)33)19-7-3-2-4-8-19/h2-14,22-23H,15-16H2,1H3/t22-,23+/m1/s1. The summed E-state index contributed by atoms with van der Waals surface area (Å²) in [6, 6.07) is 22.5. The molecular weight excluding hydrogens is 432 g/mol. The Hall–Kier alpha value is -4.26. The summed E-state index contributed by atoms with van der Waals surface area (Å²) >= 11 is 0. The number of nitrogens with zero attached hydrogens (tertiary/aromatic N) is 2. The average molecular weight is 454 g/mol. The zero-order valence-corrected chi connectivity index (χ0v) is 18.5. The van der Waals surface area contributed by atoms with Crippen molar-refractivity contribution in [3.8, 4) is 0 Å². The molecule has 0 spiro atoms. The molecule has 34 heavy (non-hydrogen) atoms. The van der Waals surface area contributed by atoms with Crippen molar-refractivity contribution in [3.63, 3.8) is 0 Å². The molecule has 170 valence electrons. The summed E-state index contributed by atoms with van der Waals surface area (Å²) in [5.41, 5.74) is 3.00. The molecule has 0 bridgehead atoms. The lowest BCUT2D eigenvalue weighted by atomic mass is 9.94. The van der Waals surface area contributed by atoms with E-state index in [1.165, 1.54) is 0 Å². The normalized spacial score (nSPS) is 18.1. The lowest BCUT2D eigenvalue weighted by Crippen LogP contribution is -2.43. The highest BCUT2D eigenvalue weighted by Gasteiger charge is 2.44. The number of hydrogen-bond donors (Lipinski definition) is 0. The van der Waals surface area contributed by atoms with Crippen LogP contribution in [-0.2, 0) is 9.53 Å². The van der Waals surface area contributed by atoms with Gasteiger partial charge < -0.3 is 4.74 Å². The molecule has 2 aliphatic rings. The number of ether oxygens (including phenoxy) is 1. The summed E-state index contributed by atoms with van der Waals surface area (Å²) in [5, 5.41) is 0. The maximum absolute atomic E-state index is 13.9. The minimum Gasteiger partial charge on any atom is -0.446 e. The lowest BCUT2D eigenvalue weighted by Gasteiger charge is -2.27. The van der Waals surface area contributed by atoms with E-state index in [-0.39, 0.29) is 13.2 Å². The molecule has 7 nitrogen and oxygen atoms in total. The first-order valence-electron chi connectivity index (χ1n) is 11.0. The zero-order chi connectivity index (χ0) is 23.8. The highest BCUT2D eigenvalue weighted by atomic mass is 16.6. The molecule has 5 rings (SSSR count). The van der Waals surface area contributed by atoms with Crippen LogP contribution in [0.3, 0.4) is 0 Å². The van der Waals surface area contributed by atoms with E-state index in [0.717, 1.165) is 20.9 Å². The Labute approximate surface area is 196 Å². The largest absolute Gasteiger partial charge is 0.446 e. The smallest absolute Gasteiger partial charge is 0.417 e. The van der Waals surface area contributed by atoms with Gasteiger partial charge in [0, 0.05) is 6.54 Å². The Morgan fingerprint density at radius 2 is 1.47 bits per heavy atom. The molecule has 3 aromatic rings. The van der Waals surface area contributed by atoms with Crippen molar-refractivity contribution in [2.75, 3.05) is 13.2 Å². The number of amides is 4. The summed E-state index contributed by atoms with van der Waals surface area (Å²) in [4.78, 5) is 54.8. The number of carbonyl (C=O) groups excluding carboxylic acids is 4. The molecule has 1 fully saturated rings. The van der Waals surface area contributed by atoms with Crippen molar-refractivity contribution in [1.82, 2.24) is 9.80 Å². The first-order valence-corrected chi connectivity index (χ1v) is 11.0. The fourth-order valence-electron chi connectivity index (χ4n) is 4.47. The predicted molar refractivity (Wildman–Crippen MR) is 123 cm³/mol. The Morgan fingerprint density at radius 1 is 0.882 bits per heavy atom. The maximum atomic E-state index is 13.9. The summed E-state index contributed by atoms with van der Waals surface area (Å²) in [6.45, 7) is 1.79. The van der Waals surface area contributed by atoms with Crippen LogP contribution in [0.4, 0.5) is 4.79 Å². The van der Waals surface area contributed by atoms with Gasteiger partial charge >= 0.3 is 6.09 Å². The summed E-state index contributed by atoms with van der Waals surface area (Å²) in [6.07, 6.45) is -0.738. The molecule has 2 heterocycles. The highest BCUT2D eigenvalue weighted by molar-refractivity contribution is 6.21. The lowest BCUT2D eigenvalue weighted by molar-refractivity contribution is -0.131. The molecule has 0 unspecified atom stereocenters. The molecule has 4 amide bonds. The van der Waals surface area contributed by atoms with Crippen LogP contribution >= 0.6 is 0 Å². The van der Waals surface area contributed by atoms with E-state index in [4.69, 9.17) is 4.74 Å². The van der Waals surface area contributed by atoms with Gasteiger partial charge in [-0.25, -0.2) is 9.69 Å². The summed E-state index contributed by atoms with van der Waals surface area (Å²) in [7, 11) is 0. The number of cyclic esters (lactones) is 1. The molecular formula is C27H22N2O5. The molecule has 0 aromatic heterocycles. The predicted octanol–water partition coefficient (Wildman–Crippen LogP) is 4.09. The fraction of sp³-hybridized carbons (Fsp3) is 0.185. The summed E-state index contributed by atoms with van der Waals surface area (Å²) in [5.74, 6) is -2.35. The topological polar surface area (TPSA) is 84.0 Å². The third-order valence-corrected chi connectivity index (χ3v) is 6.32. The number of fused-ring (bicyclic) bond motifs is 1. The van der Waals surface area contributed by atoms with E-state index in [0.29, 0.717) is 16.7 Å². The third-order valence-electron chi connectivity index (χ3n) is 6.32. The van der Waals surface area contributed by atoms with Crippen LogP contribution in [-0.4, -0.2) is 46.8 Å². The van der Waals surface area contributed by atoms with Gasteiger partial charge in [-0.2, -0.15) is 0 Å². The second-order valence-corrected chi connectivity index (χ2v) is 8.44. The van der Waals surface area contributed by atoms with E-state index >= 15 is 0 Å². The number of benzene rings is 3. The molecule has 3 aromatic carbocycles. The van der Waals surface area contributed by atoms with Crippen LogP contribution < -0.4 is 0 Å². The number of imide groups is 2. The molecule has 0 aliphatic carbocycles. The van der Waals surface area contributed by atoms with Crippen LogP contribution in [0.25, 0.3) is 0 Å². The van der Waals surface area contributed by atoms with E-state index < -0.39 is 35.8 Å². The van der Waals surface area contributed by atoms with Crippen molar-refractivity contribution in [3.05, 3.63) is 107 Å². The molecule has 0 N–H and O–H groups in total. The van der Waals surface area contributed by atoms with Crippen LogP contribution in [0.5, 0.6) is 0 Å². The molecule has 7 heteroatoms. The summed E-state index contributed by atoms with van der Waals surface area (Å²) < 4.78 is 5.24. The van der Waals surface area contributed by atoms with E-state index in [1.54, 1.807) is 36.4 Å². The van der Waals surface area contributed by atoms with Crippen LogP contribution in [0.15, 0.2) is 78.9 Å². The Bertz CT molecular complexity index is 1250. The van der Waals surface area contributed by atoms with E-state index in [2.05, 4.69) is 0 Å². The SMILES string of the molecule is Cc1ccc([C@@H](CN2C(=O)c3ccccc3C2=O)C(=O)N2C(=O)OC[C@H]2c2ccccc2)cc1. The van der Waals surface area contributed by atoms with Gasteiger partial charge in [0.15, 0.2) is 0 Å². The second kappa shape index (κ2) is 8.59. The molecule has 2 aliphatic heterocycles. The fourth-order valence-corrected chi connectivity index (χ4v) is 4.47. The Kier molecular flexibility index (Phi) is 5.45. The van der Waals surface area contributed by atoms with Crippen molar-refractivity contribution >= 4 is 23.8 Å². The maximum Gasteiger partial charge on any atom is 0.417 e. The van der Waals surface area contributed by atoms with E-state index in [9.17, 15) is 19.2 Å². The molecule has 2 atom stereocenters. The number of carbonyl (C=O) groups is 4. The minimum atomic E-state index is -0.931. The van der Waals surface area contributed by atoms with Gasteiger partial charge in [0.1, 0.15) is 12.6 Å². The van der Waals surface area contributed by atoms with Crippen molar-refractivity contribution < 1.29 is 23.9 Å². The van der Waals surface area contributed by atoms with Gasteiger partial charge in [0.25, 0.3) is 11.8 Å². The monoisotopic (exact) mass is 454 g/mol. The second-order valence-electron chi connectivity index (χ2n) is 8.44. The van der Waals surface area contributed by atoms with Crippen molar-refractivity contribution in [2.24, 2.45) is 0 Å². The first-order chi connectivity index (χ1) is 16.5. The van der Waals surface area contributed by atoms with Crippen molar-refractivity contribution in [1.29, 1.82) is 0 Å². The number of hydrogen-bond acceptors (Lipinski definition) is 5. The first kappa shape index (κ1) is 21.6. The number of rotatable bonds is 5. The molecule has 0 saturated carbocycles. The van der Waals surface area contributed by atoms with Crippen molar-refractivity contribution in [2.45, 2.75) is 18.9 Å². The van der Waals surface area contributed by atoms with Gasteiger partial charge in [-0.05, 0) is 30.2 Å². The molecule has 0 radical (unpaired) electrons. The third kappa shape index (κ3) is 3.65. The highest BCUT2D eigenvalue weighted by Crippen LogP contribution is 2.33. The van der Waals surface area contributed by atoms with Gasteiger partial charge in [-0.3, -0.25) is 19.3 Å². The quantitative estimate of drug-likeness (QED) is 0.542. The Balaban J connectivity index is 1.51. The van der Waals surface area contributed by atoms with Gasteiger partial charge in [-0.15, -0.1) is 0 Å². The van der Waals surface area contributed by atoms with Gasteiger partial charge in [-0.1, -0.05) is 72.3 Å². The van der Waals surface area contributed by atoms with E-state index in [1.807, 2.05) is 49.4 Å². The molecule has 1 saturated heterocycles. The number of aryl methyl sites for hydroxylation is 1. The Morgan fingerprint density at radius 3 is 2.09 bits per heavy atom. The van der Waals surface area contributed by atoms with Gasteiger partial charge in [0.05, 0.1) is 17.0 Å². The van der Waals surface area contributed by atoms with Crippen LogP contribution in [0.1, 0.15) is 49.4 Å². The van der Waals surface area contributed by atoms with Gasteiger partial charge in [0.2, 0.25) is 5.91 Å². The average Bonchev–Trinajstić information content (AvgIpc) is 3.36. The minimum absolute atomic E-state index is 0.0439. The van der Waals surface area contributed by atoms with Crippen LogP contribution in [0, 0.1) is 6.92 Å². The zero-order valence-electron chi connectivity index (χ0n) is 18.5.